The van der Waals surface area contributed by atoms with Crippen LogP contribution in [0.2, 0.25) is 0 Å². The van der Waals surface area contributed by atoms with Crippen LogP contribution in [-0.2, 0) is 26.2 Å². The van der Waals surface area contributed by atoms with Gasteiger partial charge in [-0.25, -0.2) is 0 Å². The van der Waals surface area contributed by atoms with E-state index in [1.165, 1.54) is 77.2 Å². The molecule has 187 valence electrons. The van der Waals surface area contributed by atoms with Gasteiger partial charge in [-0.15, -0.1) is 34.1 Å². The van der Waals surface area contributed by atoms with E-state index in [4.69, 9.17) is 0 Å². The Bertz CT molecular complexity index is 1660. The summed E-state index contributed by atoms with van der Waals surface area (Å²) < 4.78 is 0. The predicted octanol–water partition coefficient (Wildman–Crippen LogP) is 1.20. The van der Waals surface area contributed by atoms with Crippen molar-refractivity contribution >= 4 is 17.2 Å². The van der Waals surface area contributed by atoms with Gasteiger partial charge in [0.05, 0.1) is 0 Å². The van der Waals surface area contributed by atoms with Crippen LogP contribution in [0.1, 0.15) is 50.9 Å². The molecule has 2 aliphatic carbocycles. The minimum absolute atomic E-state index is 0. The standard InChI is InChI=1S/C35H29.2ClH.Zr/c1-22-9-7-13-27(17-22)35(28-14-8-10-23(2)18-28)31-21-32-30-16-15-24(3)19-29(30)20-33(32)34(25(31)4)26-11-5-6-12-26;;;/h5-11,13-19,21H,12H2,1-4H3;2*1H;/q-1;;;+3/p-2. The molecule has 6 rings (SSSR count). The Labute approximate surface area is 257 Å². The Morgan fingerprint density at radius 1 is 0.711 bits per heavy atom. The molecule has 0 nitrogen and oxygen atoms in total. The number of aryl methyl sites for hydroxylation is 3. The largest absolute Gasteiger partial charge is 3.00 e. The van der Waals surface area contributed by atoms with E-state index in [9.17, 15) is 0 Å². The van der Waals surface area contributed by atoms with Crippen LogP contribution in [0.15, 0.2) is 91.0 Å². The molecular formula is C35H29Cl2Zr. The van der Waals surface area contributed by atoms with Crippen LogP contribution >= 0.6 is 0 Å². The molecule has 4 aromatic rings. The van der Waals surface area contributed by atoms with E-state index in [0.717, 1.165) is 6.42 Å². The third-order valence-corrected chi connectivity index (χ3v) is 7.29. The van der Waals surface area contributed by atoms with Crippen molar-refractivity contribution in [2.24, 2.45) is 0 Å². The summed E-state index contributed by atoms with van der Waals surface area (Å²) >= 11 is 0. The first kappa shape index (κ1) is 30.1. The Morgan fingerprint density at radius 3 is 1.92 bits per heavy atom. The molecule has 3 heteroatoms. The van der Waals surface area contributed by atoms with Crippen LogP contribution in [0.3, 0.4) is 0 Å². The molecule has 4 aromatic carbocycles. The molecule has 0 atom stereocenters. The Balaban J connectivity index is 0.00000133. The molecule has 1 radical (unpaired) electrons. The predicted molar refractivity (Wildman–Crippen MR) is 149 cm³/mol. The van der Waals surface area contributed by atoms with Crippen LogP contribution in [0, 0.1) is 27.7 Å². The van der Waals surface area contributed by atoms with E-state index in [1.807, 2.05) is 0 Å². The summed E-state index contributed by atoms with van der Waals surface area (Å²) in [5.74, 6) is 0. The average molecular weight is 612 g/mol. The van der Waals surface area contributed by atoms with Crippen LogP contribution in [-0.4, -0.2) is 0 Å². The number of allylic oxidation sites excluding steroid dienone is 4. The third-order valence-electron chi connectivity index (χ3n) is 7.29. The molecule has 0 aliphatic heterocycles. The molecule has 0 unspecified atom stereocenters. The van der Waals surface area contributed by atoms with E-state index in [-0.39, 0.29) is 51.0 Å². The Hall–Kier alpha value is -2.44. The molecule has 0 heterocycles. The first-order chi connectivity index (χ1) is 17.0. The maximum Gasteiger partial charge on any atom is 3.00 e. The number of benzene rings is 4. The van der Waals surface area contributed by atoms with E-state index >= 15 is 0 Å². The summed E-state index contributed by atoms with van der Waals surface area (Å²) in [7, 11) is 0. The van der Waals surface area contributed by atoms with Crippen molar-refractivity contribution in [3.8, 4) is 11.1 Å². The smallest absolute Gasteiger partial charge is 1.00 e. The Kier molecular flexibility index (Phi) is 9.64. The van der Waals surface area contributed by atoms with Gasteiger partial charge >= 0.3 is 26.2 Å². The fraction of sp³-hybridized carbons (Fsp3) is 0.143. The third kappa shape index (κ3) is 5.35. The van der Waals surface area contributed by atoms with Gasteiger partial charge in [0, 0.05) is 0 Å². The molecule has 0 fully saturated rings. The van der Waals surface area contributed by atoms with E-state index in [2.05, 4.69) is 125 Å². The van der Waals surface area contributed by atoms with Crippen molar-refractivity contribution in [2.45, 2.75) is 34.1 Å². The first-order valence-electron chi connectivity index (χ1n) is 12.4. The second-order valence-electron chi connectivity index (χ2n) is 9.96. The Morgan fingerprint density at radius 2 is 1.34 bits per heavy atom. The van der Waals surface area contributed by atoms with Crippen molar-refractivity contribution in [1.82, 2.24) is 0 Å². The summed E-state index contributed by atoms with van der Waals surface area (Å²) in [6, 6.07) is 27.0. The summed E-state index contributed by atoms with van der Waals surface area (Å²) in [6.07, 6.45) is 11.5. The number of rotatable bonds is 3. The van der Waals surface area contributed by atoms with Crippen LogP contribution in [0.25, 0.3) is 28.3 Å². The zero-order valence-electron chi connectivity index (χ0n) is 22.1. The zero-order chi connectivity index (χ0) is 24.1. The number of halogens is 2. The van der Waals surface area contributed by atoms with Gasteiger partial charge in [-0.1, -0.05) is 118 Å². The van der Waals surface area contributed by atoms with E-state index in [1.54, 1.807) is 0 Å². The van der Waals surface area contributed by atoms with Crippen LogP contribution in [0.4, 0.5) is 0 Å². The van der Waals surface area contributed by atoms with Crippen LogP contribution in [0.5, 0.6) is 0 Å². The molecule has 0 bridgehead atoms. The SMILES string of the molecule is Cc1cccc(C(c2cccc(C)c2)=c2cc3c(c(C4=CC=CC4)c2C)=[C-]c2cc(C)ccc2-3)c1.[Cl-].[Cl-].[Zr+3]. The minimum atomic E-state index is 0. The fourth-order valence-electron chi connectivity index (χ4n) is 5.63. The summed E-state index contributed by atoms with van der Waals surface area (Å²) in [5.41, 5.74) is 15.5. The van der Waals surface area contributed by atoms with Crippen LogP contribution < -0.4 is 35.3 Å². The maximum atomic E-state index is 3.79. The van der Waals surface area contributed by atoms with Crippen molar-refractivity contribution in [2.75, 3.05) is 0 Å². The van der Waals surface area contributed by atoms with Gasteiger partial charge in [0.25, 0.3) is 0 Å². The van der Waals surface area contributed by atoms with Crippen molar-refractivity contribution < 1.29 is 51.0 Å². The average Bonchev–Trinajstić information content (AvgIpc) is 3.47. The molecule has 0 saturated carbocycles. The topological polar surface area (TPSA) is 0 Å². The molecule has 2 aliphatic rings. The molecule has 0 saturated heterocycles. The molecular weight excluding hydrogens is 583 g/mol. The van der Waals surface area contributed by atoms with Gasteiger partial charge in [0.1, 0.15) is 0 Å². The molecule has 0 N–H and O–H groups in total. The molecule has 38 heavy (non-hydrogen) atoms. The van der Waals surface area contributed by atoms with Gasteiger partial charge in [0.15, 0.2) is 0 Å². The van der Waals surface area contributed by atoms with Gasteiger partial charge < -0.3 is 24.8 Å². The summed E-state index contributed by atoms with van der Waals surface area (Å²) in [5, 5.41) is 2.55. The molecule has 0 spiro atoms. The normalized spacial score (nSPS) is 12.3. The van der Waals surface area contributed by atoms with E-state index in [0.29, 0.717) is 0 Å². The molecule has 0 aromatic heterocycles. The van der Waals surface area contributed by atoms with Crippen molar-refractivity contribution in [1.29, 1.82) is 0 Å². The second-order valence-corrected chi connectivity index (χ2v) is 9.96. The van der Waals surface area contributed by atoms with Gasteiger partial charge in [-0.2, -0.15) is 0 Å². The zero-order valence-corrected chi connectivity index (χ0v) is 26.1. The second kappa shape index (κ2) is 12.2. The van der Waals surface area contributed by atoms with Crippen molar-refractivity contribution in [3.63, 3.8) is 0 Å². The number of hydrogen-bond acceptors (Lipinski definition) is 0. The minimum Gasteiger partial charge on any atom is -1.00 e. The van der Waals surface area contributed by atoms with Gasteiger partial charge in [-0.3, -0.25) is 0 Å². The maximum absolute atomic E-state index is 3.79. The first-order valence-corrected chi connectivity index (χ1v) is 12.4. The molecule has 0 amide bonds. The quantitative estimate of drug-likeness (QED) is 0.269. The van der Waals surface area contributed by atoms with Gasteiger partial charge in [-0.05, 0) is 56.0 Å². The van der Waals surface area contributed by atoms with E-state index < -0.39 is 0 Å². The van der Waals surface area contributed by atoms with Crippen molar-refractivity contribution in [3.05, 3.63) is 146 Å². The summed E-state index contributed by atoms with van der Waals surface area (Å²) in [4.78, 5) is 0. The monoisotopic (exact) mass is 609 g/mol. The number of hydrogen-bond donors (Lipinski definition) is 0. The number of fused-ring (bicyclic) bond motifs is 3. The van der Waals surface area contributed by atoms with Gasteiger partial charge in [0.2, 0.25) is 0 Å². The summed E-state index contributed by atoms with van der Waals surface area (Å²) in [6.45, 7) is 8.81. The fourth-order valence-corrected chi connectivity index (χ4v) is 5.63.